The lowest BCUT2D eigenvalue weighted by molar-refractivity contribution is 0.251. The number of anilines is 3. The normalized spacial score (nSPS) is 13.6. The van der Waals surface area contributed by atoms with E-state index in [1.165, 1.54) is 19.1 Å². The molecule has 2 aromatic heterocycles. The first-order valence-corrected chi connectivity index (χ1v) is 11.6. The summed E-state index contributed by atoms with van der Waals surface area (Å²) in [4.78, 5) is 20.9. The van der Waals surface area contributed by atoms with E-state index in [-0.39, 0.29) is 18.0 Å². The fraction of sp³-hybridized carbons (Fsp3) is 0.185. The number of ether oxygens (including phenoxy) is 2. The molecule has 194 valence electrons. The molecule has 0 radical (unpaired) electrons. The molecule has 38 heavy (non-hydrogen) atoms. The van der Waals surface area contributed by atoms with Crippen LogP contribution in [0.3, 0.4) is 0 Å². The van der Waals surface area contributed by atoms with Gasteiger partial charge in [0.15, 0.2) is 23.1 Å². The third kappa shape index (κ3) is 3.92. The lowest BCUT2D eigenvalue weighted by Crippen LogP contribution is -2.46. The molecule has 0 bridgehead atoms. The number of allylic oxidation sites excluding steroid dienone is 2. The van der Waals surface area contributed by atoms with E-state index in [4.69, 9.17) is 14.9 Å². The molecule has 4 aromatic rings. The maximum absolute atomic E-state index is 15.5. The van der Waals surface area contributed by atoms with Gasteiger partial charge in [-0.1, -0.05) is 6.08 Å². The van der Waals surface area contributed by atoms with Gasteiger partial charge in [0.1, 0.15) is 5.69 Å². The number of hydrogen-bond acceptors (Lipinski definition) is 6. The lowest BCUT2D eigenvalue weighted by atomic mass is 10.0. The second-order valence-electron chi connectivity index (χ2n) is 8.63. The first-order valence-electron chi connectivity index (χ1n) is 11.6. The van der Waals surface area contributed by atoms with Crippen molar-refractivity contribution in [1.29, 1.82) is 5.41 Å². The molecule has 0 saturated heterocycles. The zero-order valence-corrected chi connectivity index (χ0v) is 21.1. The zero-order chi connectivity index (χ0) is 27.1. The number of hydrogen-bond donors (Lipinski definition) is 2. The van der Waals surface area contributed by atoms with E-state index in [0.29, 0.717) is 39.4 Å². The highest BCUT2D eigenvalue weighted by atomic mass is 19.1. The molecule has 1 aliphatic rings. The summed E-state index contributed by atoms with van der Waals surface area (Å²) >= 11 is 0. The highest BCUT2D eigenvalue weighted by Gasteiger charge is 2.38. The molecule has 2 N–H and O–H groups in total. The van der Waals surface area contributed by atoms with Crippen LogP contribution < -0.4 is 19.3 Å². The molecular weight excluding hydrogens is 494 g/mol. The Balaban J connectivity index is 1.74. The lowest BCUT2D eigenvalue weighted by Gasteiger charge is -2.37. The number of H-pyrrole nitrogens is 1. The molecule has 5 rings (SSSR count). The first kappa shape index (κ1) is 24.9. The maximum atomic E-state index is 15.5. The van der Waals surface area contributed by atoms with Crippen molar-refractivity contribution >= 4 is 45.3 Å². The number of halogens is 2. The summed E-state index contributed by atoms with van der Waals surface area (Å²) in [6, 6.07) is 7.33. The number of fused-ring (bicyclic) bond motifs is 2. The molecular formula is C27H24F2N6O3. The van der Waals surface area contributed by atoms with Crippen LogP contribution in [0.2, 0.25) is 0 Å². The SMILES string of the molecule is C/C=C(\C(C)=N)c1cc2c(cn1)CN(c1c(F)c(OC)cc(OC)c1F)C(=O)N2c1ccc2cn[nH]c2c1. The van der Waals surface area contributed by atoms with Crippen LogP contribution in [0, 0.1) is 17.0 Å². The van der Waals surface area contributed by atoms with Gasteiger partial charge in [-0.3, -0.25) is 19.9 Å². The number of aromatic amines is 1. The Morgan fingerprint density at radius 1 is 1.11 bits per heavy atom. The fourth-order valence-corrected chi connectivity index (χ4v) is 4.57. The molecule has 2 amide bonds. The number of aromatic nitrogens is 3. The Kier molecular flexibility index (Phi) is 6.27. The number of urea groups is 1. The number of rotatable bonds is 6. The molecule has 11 heteroatoms. The first-order chi connectivity index (χ1) is 18.3. The summed E-state index contributed by atoms with van der Waals surface area (Å²) in [5, 5.41) is 15.9. The molecule has 2 aromatic carbocycles. The van der Waals surface area contributed by atoms with Crippen LogP contribution in [0.5, 0.6) is 11.5 Å². The van der Waals surface area contributed by atoms with Crippen LogP contribution in [0.4, 0.5) is 30.6 Å². The van der Waals surface area contributed by atoms with Crippen molar-refractivity contribution in [1.82, 2.24) is 15.2 Å². The third-order valence-electron chi connectivity index (χ3n) is 6.43. The molecule has 0 atom stereocenters. The van der Waals surface area contributed by atoms with Crippen molar-refractivity contribution in [3.63, 3.8) is 0 Å². The second-order valence-corrected chi connectivity index (χ2v) is 8.63. The number of amides is 2. The Labute approximate surface area is 216 Å². The highest BCUT2D eigenvalue weighted by Crippen LogP contribution is 2.43. The van der Waals surface area contributed by atoms with Gasteiger partial charge in [-0.2, -0.15) is 5.10 Å². The molecule has 0 fully saturated rings. The van der Waals surface area contributed by atoms with Gasteiger partial charge < -0.3 is 14.9 Å². The van der Waals surface area contributed by atoms with Gasteiger partial charge in [0.2, 0.25) is 0 Å². The quantitative estimate of drug-likeness (QED) is 0.306. The van der Waals surface area contributed by atoms with Crippen molar-refractivity contribution in [3.8, 4) is 11.5 Å². The molecule has 0 spiro atoms. The van der Waals surface area contributed by atoms with Gasteiger partial charge in [0, 0.05) is 34.5 Å². The molecule has 1 aliphatic heterocycles. The fourth-order valence-electron chi connectivity index (χ4n) is 4.57. The summed E-state index contributed by atoms with van der Waals surface area (Å²) in [5.74, 6) is -2.61. The van der Waals surface area contributed by atoms with Gasteiger partial charge in [0.25, 0.3) is 0 Å². The molecule has 0 aliphatic carbocycles. The minimum absolute atomic E-state index is 0.164. The van der Waals surface area contributed by atoms with E-state index in [2.05, 4.69) is 15.2 Å². The minimum Gasteiger partial charge on any atom is -0.493 e. The Hall–Kier alpha value is -4.80. The van der Waals surface area contributed by atoms with Gasteiger partial charge >= 0.3 is 6.03 Å². The molecule has 0 unspecified atom stereocenters. The van der Waals surface area contributed by atoms with Crippen LogP contribution in [-0.4, -0.2) is 41.1 Å². The smallest absolute Gasteiger partial charge is 0.334 e. The van der Waals surface area contributed by atoms with Crippen molar-refractivity contribution in [2.45, 2.75) is 20.4 Å². The average Bonchev–Trinajstić information content (AvgIpc) is 3.37. The van der Waals surface area contributed by atoms with Crippen molar-refractivity contribution in [2.24, 2.45) is 0 Å². The second kappa shape index (κ2) is 9.58. The minimum atomic E-state index is -1.04. The van der Waals surface area contributed by atoms with Crippen LogP contribution in [0.1, 0.15) is 25.1 Å². The summed E-state index contributed by atoms with van der Waals surface area (Å²) in [7, 11) is 2.49. The maximum Gasteiger partial charge on any atom is 0.334 e. The summed E-state index contributed by atoms with van der Waals surface area (Å²) in [6.07, 6.45) is 4.96. The third-order valence-corrected chi connectivity index (χ3v) is 6.43. The van der Waals surface area contributed by atoms with Crippen LogP contribution in [0.25, 0.3) is 16.5 Å². The highest BCUT2D eigenvalue weighted by molar-refractivity contribution is 6.21. The predicted molar refractivity (Wildman–Crippen MR) is 141 cm³/mol. The van der Waals surface area contributed by atoms with Crippen LogP contribution in [0.15, 0.2) is 48.8 Å². The average molecular weight is 519 g/mol. The van der Waals surface area contributed by atoms with Gasteiger partial charge in [-0.05, 0) is 38.1 Å². The number of nitrogens with zero attached hydrogens (tertiary/aromatic N) is 4. The van der Waals surface area contributed by atoms with E-state index in [9.17, 15) is 4.79 Å². The number of nitrogens with one attached hydrogen (secondary N) is 2. The number of carbonyl (C=O) groups excluding carboxylic acids is 1. The summed E-state index contributed by atoms with van der Waals surface area (Å²) in [6.45, 7) is 3.28. The Morgan fingerprint density at radius 2 is 1.82 bits per heavy atom. The monoisotopic (exact) mass is 518 g/mol. The van der Waals surface area contributed by atoms with Crippen molar-refractivity contribution in [3.05, 3.63) is 71.7 Å². The van der Waals surface area contributed by atoms with E-state index in [1.54, 1.807) is 56.6 Å². The van der Waals surface area contributed by atoms with Crippen LogP contribution >= 0.6 is 0 Å². The largest absolute Gasteiger partial charge is 0.493 e. The number of benzene rings is 2. The summed E-state index contributed by atoms with van der Waals surface area (Å²) in [5.41, 5.74) is 2.93. The predicted octanol–water partition coefficient (Wildman–Crippen LogP) is 5.97. The standard InChI is InChI=1S/C27H24F2N6O3/c1-5-18(14(2)30)20-9-21-16(11-31-20)13-34(26-24(28)22(37-3)10-23(38-4)25(26)29)27(36)35(21)17-7-6-15-12-32-33-19(15)8-17/h5-12,30H,13H2,1-4H3,(H,32,33)/b18-5+,30-14?. The number of carbonyl (C=O) groups is 1. The molecule has 3 heterocycles. The van der Waals surface area contributed by atoms with Gasteiger partial charge in [-0.15, -0.1) is 0 Å². The van der Waals surface area contributed by atoms with Crippen molar-refractivity contribution < 1.29 is 23.0 Å². The van der Waals surface area contributed by atoms with E-state index < -0.39 is 23.4 Å². The van der Waals surface area contributed by atoms with E-state index in [0.717, 1.165) is 16.4 Å². The molecule has 9 nitrogen and oxygen atoms in total. The number of pyridine rings is 1. The summed E-state index contributed by atoms with van der Waals surface area (Å²) < 4.78 is 41.2. The van der Waals surface area contributed by atoms with E-state index in [1.807, 2.05) is 0 Å². The van der Waals surface area contributed by atoms with Gasteiger partial charge in [-0.25, -0.2) is 13.6 Å². The Bertz CT molecular complexity index is 1600. The van der Waals surface area contributed by atoms with Crippen molar-refractivity contribution in [2.75, 3.05) is 24.0 Å². The zero-order valence-electron chi connectivity index (χ0n) is 21.1. The van der Waals surface area contributed by atoms with Gasteiger partial charge in [0.05, 0.1) is 49.5 Å². The topological polar surface area (TPSA) is 107 Å². The molecule has 0 saturated carbocycles. The van der Waals surface area contributed by atoms with Crippen LogP contribution in [-0.2, 0) is 6.54 Å². The van der Waals surface area contributed by atoms with E-state index >= 15 is 8.78 Å². The Morgan fingerprint density at radius 3 is 2.45 bits per heavy atom. The number of methoxy groups -OCH3 is 2.